The quantitative estimate of drug-likeness (QED) is 0.558. The van der Waals surface area contributed by atoms with Gasteiger partial charge in [0.25, 0.3) is 0 Å². The molecule has 2 atom stereocenters. The van der Waals surface area contributed by atoms with E-state index in [1.807, 2.05) is 30.3 Å². The molecule has 0 fully saturated rings. The predicted octanol–water partition coefficient (Wildman–Crippen LogP) is 6.33. The molecule has 3 heteroatoms. The lowest BCUT2D eigenvalue weighted by Crippen LogP contribution is -2.26. The molecule has 1 nitrogen and oxygen atoms in total. The zero-order chi connectivity index (χ0) is 17.8. The molecule has 0 aliphatic rings. The fraction of sp³-hybridized carbons (Fsp3) is 0.182. The largest absolute Gasteiger partial charge is 0.327 e. The van der Waals surface area contributed by atoms with Gasteiger partial charge in [0.05, 0.1) is 0 Å². The molecular weight excluding hydrogens is 349 g/mol. The summed E-state index contributed by atoms with van der Waals surface area (Å²) in [6.45, 7) is 2.06. The molecule has 0 amide bonds. The summed E-state index contributed by atoms with van der Waals surface area (Å²) in [4.78, 5) is 0. The molecule has 0 aliphatic heterocycles. The van der Waals surface area contributed by atoms with Gasteiger partial charge in [0.15, 0.2) is 0 Å². The Balaban J connectivity index is 1.83. The van der Waals surface area contributed by atoms with Crippen LogP contribution in [0, 0.1) is 0 Å². The van der Waals surface area contributed by atoms with E-state index in [4.69, 9.17) is 28.9 Å². The SMILES string of the molecule is CC(N)C(Cc1ccc(Cl)cc1)c1ccc(-c2cccc(Cl)c2)cc1. The average Bonchev–Trinajstić information content (AvgIpc) is 2.61. The minimum Gasteiger partial charge on any atom is -0.327 e. The molecule has 0 aliphatic carbocycles. The fourth-order valence-electron chi connectivity index (χ4n) is 3.07. The number of nitrogens with two attached hydrogens (primary N) is 1. The number of hydrogen-bond acceptors (Lipinski definition) is 1. The van der Waals surface area contributed by atoms with Crippen molar-refractivity contribution in [2.45, 2.75) is 25.3 Å². The van der Waals surface area contributed by atoms with Crippen LogP contribution in [0.15, 0.2) is 72.8 Å². The Labute approximate surface area is 159 Å². The molecule has 0 saturated carbocycles. The van der Waals surface area contributed by atoms with E-state index in [9.17, 15) is 0 Å². The summed E-state index contributed by atoms with van der Waals surface area (Å²) < 4.78 is 0. The van der Waals surface area contributed by atoms with E-state index in [2.05, 4.69) is 49.4 Å². The van der Waals surface area contributed by atoms with Crippen LogP contribution in [0.3, 0.4) is 0 Å². The van der Waals surface area contributed by atoms with Crippen molar-refractivity contribution in [3.63, 3.8) is 0 Å². The van der Waals surface area contributed by atoms with Crippen molar-refractivity contribution in [2.75, 3.05) is 0 Å². The lowest BCUT2D eigenvalue weighted by molar-refractivity contribution is 0.565. The summed E-state index contributed by atoms with van der Waals surface area (Å²) in [5.74, 6) is 0.259. The highest BCUT2D eigenvalue weighted by Crippen LogP contribution is 2.28. The molecule has 3 rings (SSSR count). The third-order valence-electron chi connectivity index (χ3n) is 4.50. The van der Waals surface area contributed by atoms with Crippen LogP contribution in [-0.2, 0) is 6.42 Å². The lowest BCUT2D eigenvalue weighted by atomic mass is 9.86. The van der Waals surface area contributed by atoms with E-state index in [0.717, 1.165) is 27.6 Å². The highest BCUT2D eigenvalue weighted by atomic mass is 35.5. The van der Waals surface area contributed by atoms with Crippen molar-refractivity contribution in [1.29, 1.82) is 0 Å². The van der Waals surface area contributed by atoms with E-state index >= 15 is 0 Å². The summed E-state index contributed by atoms with van der Waals surface area (Å²) in [6, 6.07) is 24.6. The minimum absolute atomic E-state index is 0.0627. The van der Waals surface area contributed by atoms with Crippen molar-refractivity contribution in [1.82, 2.24) is 0 Å². The van der Waals surface area contributed by atoms with Gasteiger partial charge < -0.3 is 5.73 Å². The molecule has 0 aromatic heterocycles. The van der Waals surface area contributed by atoms with E-state index in [1.165, 1.54) is 11.1 Å². The smallest absolute Gasteiger partial charge is 0.0412 e. The van der Waals surface area contributed by atoms with Crippen molar-refractivity contribution in [3.8, 4) is 11.1 Å². The van der Waals surface area contributed by atoms with Crippen LogP contribution >= 0.6 is 23.2 Å². The summed E-state index contributed by atoms with van der Waals surface area (Å²) in [5, 5.41) is 1.50. The first-order valence-electron chi connectivity index (χ1n) is 8.39. The highest BCUT2D eigenvalue weighted by molar-refractivity contribution is 6.31. The number of benzene rings is 3. The molecule has 0 heterocycles. The first kappa shape index (κ1) is 18.0. The van der Waals surface area contributed by atoms with Crippen LogP contribution in [0.4, 0.5) is 0 Å². The Kier molecular flexibility index (Phi) is 5.80. The summed E-state index contributed by atoms with van der Waals surface area (Å²) in [6.07, 6.45) is 0.894. The van der Waals surface area contributed by atoms with Gasteiger partial charge in [0.1, 0.15) is 0 Å². The molecular formula is C22H21Cl2N. The monoisotopic (exact) mass is 369 g/mol. The molecule has 2 N–H and O–H groups in total. The second-order valence-corrected chi connectivity index (χ2v) is 7.30. The Morgan fingerprint density at radius 1 is 0.800 bits per heavy atom. The number of halogens is 2. The molecule has 0 spiro atoms. The molecule has 25 heavy (non-hydrogen) atoms. The van der Waals surface area contributed by atoms with Crippen LogP contribution in [0.25, 0.3) is 11.1 Å². The van der Waals surface area contributed by atoms with Gasteiger partial charge >= 0.3 is 0 Å². The Morgan fingerprint density at radius 2 is 1.48 bits per heavy atom. The van der Waals surface area contributed by atoms with Crippen LogP contribution in [0.2, 0.25) is 10.0 Å². The molecule has 0 radical (unpaired) electrons. The third kappa shape index (κ3) is 4.64. The number of hydrogen-bond donors (Lipinski definition) is 1. The highest BCUT2D eigenvalue weighted by Gasteiger charge is 2.17. The van der Waals surface area contributed by atoms with Crippen LogP contribution in [0.1, 0.15) is 24.0 Å². The van der Waals surface area contributed by atoms with Gasteiger partial charge in [-0.15, -0.1) is 0 Å². The van der Waals surface area contributed by atoms with Gasteiger partial charge in [-0.1, -0.05) is 71.7 Å². The summed E-state index contributed by atoms with van der Waals surface area (Å²) in [7, 11) is 0. The van der Waals surface area contributed by atoms with Crippen LogP contribution in [0.5, 0.6) is 0 Å². The van der Waals surface area contributed by atoms with Crippen LogP contribution in [-0.4, -0.2) is 6.04 Å². The second-order valence-electron chi connectivity index (χ2n) is 6.43. The Bertz CT molecular complexity index is 823. The molecule has 128 valence electrons. The fourth-order valence-corrected chi connectivity index (χ4v) is 3.39. The van der Waals surface area contributed by atoms with Crippen molar-refractivity contribution < 1.29 is 0 Å². The van der Waals surface area contributed by atoms with E-state index < -0.39 is 0 Å². The zero-order valence-corrected chi connectivity index (χ0v) is 15.6. The third-order valence-corrected chi connectivity index (χ3v) is 4.99. The average molecular weight is 370 g/mol. The molecule has 3 aromatic carbocycles. The van der Waals surface area contributed by atoms with Gasteiger partial charge in [0.2, 0.25) is 0 Å². The first-order valence-corrected chi connectivity index (χ1v) is 9.14. The standard InChI is InChI=1S/C22H21Cl2N/c1-15(25)22(13-16-5-11-20(23)12-6-16)18-9-7-17(8-10-18)19-3-2-4-21(24)14-19/h2-12,14-15,22H,13,25H2,1H3. The second kappa shape index (κ2) is 8.05. The Morgan fingerprint density at radius 3 is 2.08 bits per heavy atom. The zero-order valence-electron chi connectivity index (χ0n) is 14.1. The maximum Gasteiger partial charge on any atom is 0.0412 e. The molecule has 0 bridgehead atoms. The normalized spacial score (nSPS) is 13.4. The van der Waals surface area contributed by atoms with Gasteiger partial charge in [-0.3, -0.25) is 0 Å². The first-order chi connectivity index (χ1) is 12.0. The topological polar surface area (TPSA) is 26.0 Å². The van der Waals surface area contributed by atoms with Gasteiger partial charge in [-0.25, -0.2) is 0 Å². The summed E-state index contributed by atoms with van der Waals surface area (Å²) in [5.41, 5.74) is 11.0. The predicted molar refractivity (Wildman–Crippen MR) is 108 cm³/mol. The van der Waals surface area contributed by atoms with Gasteiger partial charge in [-0.2, -0.15) is 0 Å². The molecule has 0 saturated heterocycles. The van der Waals surface area contributed by atoms with Crippen molar-refractivity contribution >= 4 is 23.2 Å². The molecule has 3 aromatic rings. The minimum atomic E-state index is 0.0627. The van der Waals surface area contributed by atoms with Crippen molar-refractivity contribution in [3.05, 3.63) is 94.0 Å². The lowest BCUT2D eigenvalue weighted by Gasteiger charge is -2.22. The van der Waals surface area contributed by atoms with E-state index in [-0.39, 0.29) is 12.0 Å². The number of rotatable bonds is 5. The maximum atomic E-state index is 6.27. The van der Waals surface area contributed by atoms with Gasteiger partial charge in [0, 0.05) is 22.0 Å². The van der Waals surface area contributed by atoms with Crippen molar-refractivity contribution in [2.24, 2.45) is 5.73 Å². The Hall–Kier alpha value is -1.80. The molecule has 2 unspecified atom stereocenters. The van der Waals surface area contributed by atoms with E-state index in [1.54, 1.807) is 0 Å². The van der Waals surface area contributed by atoms with Gasteiger partial charge in [-0.05, 0) is 59.9 Å². The van der Waals surface area contributed by atoms with E-state index in [0.29, 0.717) is 0 Å². The maximum absolute atomic E-state index is 6.27. The van der Waals surface area contributed by atoms with Crippen LogP contribution < -0.4 is 5.73 Å². The summed E-state index contributed by atoms with van der Waals surface area (Å²) >= 11 is 12.1.